The predicted molar refractivity (Wildman–Crippen MR) is 144 cm³/mol. The van der Waals surface area contributed by atoms with Gasteiger partial charge in [-0.1, -0.05) is 49.4 Å². The number of nitrogens with zero attached hydrogens (tertiary/aromatic N) is 1. The molecule has 6 heteroatoms. The normalized spacial score (nSPS) is 12.3. The van der Waals surface area contributed by atoms with Gasteiger partial charge in [0.2, 0.25) is 0 Å². The third-order valence-corrected chi connectivity index (χ3v) is 7.65. The maximum absolute atomic E-state index is 12.5. The fourth-order valence-electron chi connectivity index (χ4n) is 4.82. The van der Waals surface area contributed by atoms with Gasteiger partial charge < -0.3 is 9.52 Å². The van der Waals surface area contributed by atoms with Gasteiger partial charge in [0.1, 0.15) is 11.3 Å². The van der Waals surface area contributed by atoms with Crippen molar-refractivity contribution in [2.24, 2.45) is 0 Å². The van der Waals surface area contributed by atoms with E-state index in [9.17, 15) is 14.1 Å². The largest absolute Gasteiger partial charge is 0.478 e. The topological polar surface area (TPSA) is 80.4 Å². The average molecular weight is 498 g/mol. The van der Waals surface area contributed by atoms with Crippen LogP contribution in [-0.2, 0) is 30.1 Å². The van der Waals surface area contributed by atoms with Gasteiger partial charge in [-0.15, -0.1) is 0 Å². The third-order valence-electron chi connectivity index (χ3n) is 6.73. The Morgan fingerprint density at radius 1 is 1.00 bits per heavy atom. The zero-order valence-corrected chi connectivity index (χ0v) is 21.3. The molecular weight excluding hydrogens is 470 g/mol. The van der Waals surface area contributed by atoms with E-state index in [0.29, 0.717) is 35.2 Å². The number of hydrogen-bond acceptors (Lipinski definition) is 4. The molecule has 36 heavy (non-hydrogen) atoms. The van der Waals surface area contributed by atoms with Gasteiger partial charge >= 0.3 is 5.97 Å². The van der Waals surface area contributed by atoms with Gasteiger partial charge in [-0.3, -0.25) is 4.21 Å². The Bertz CT molecular complexity index is 1650. The van der Waals surface area contributed by atoms with Crippen LogP contribution in [0.2, 0.25) is 0 Å². The van der Waals surface area contributed by atoms with E-state index in [4.69, 9.17) is 9.40 Å². The van der Waals surface area contributed by atoms with Crippen LogP contribution in [0.1, 0.15) is 39.5 Å². The van der Waals surface area contributed by atoms with Gasteiger partial charge in [0.25, 0.3) is 0 Å². The number of carbonyl (C=O) groups is 1. The molecule has 0 spiro atoms. The van der Waals surface area contributed by atoms with E-state index in [1.807, 2.05) is 74.5 Å². The number of para-hydroxylation sites is 1. The second kappa shape index (κ2) is 9.70. The van der Waals surface area contributed by atoms with Crippen LogP contribution in [0.4, 0.5) is 0 Å². The first-order valence-electron chi connectivity index (χ1n) is 12.0. The van der Waals surface area contributed by atoms with E-state index in [-0.39, 0.29) is 5.56 Å². The van der Waals surface area contributed by atoms with Crippen molar-refractivity contribution in [3.05, 3.63) is 94.5 Å². The van der Waals surface area contributed by atoms with Crippen LogP contribution in [0.25, 0.3) is 33.3 Å². The molecule has 0 saturated heterocycles. The Labute approximate surface area is 212 Å². The van der Waals surface area contributed by atoms with Crippen LogP contribution in [0.5, 0.6) is 0 Å². The lowest BCUT2D eigenvalue weighted by Gasteiger charge is -2.14. The summed E-state index contributed by atoms with van der Waals surface area (Å²) >= 11 is 0. The highest BCUT2D eigenvalue weighted by atomic mass is 32.2. The van der Waals surface area contributed by atoms with Crippen molar-refractivity contribution in [1.29, 1.82) is 0 Å². The van der Waals surface area contributed by atoms with Crippen LogP contribution in [-0.4, -0.2) is 26.5 Å². The highest BCUT2D eigenvalue weighted by Gasteiger charge is 2.21. The standard InChI is InChI=1S/C30H27NO4S/c1-4-20-14-15-21(13-12-19-8-7-9-22(16-19)36(3)34)27-24(30(32)33)17-25(31-28(20)27)29-18(2)23-10-5-6-11-26(23)35-29/h5-11,14-17H,4,12-13H2,1-3H3,(H,32,33). The van der Waals surface area contributed by atoms with E-state index in [2.05, 4.69) is 0 Å². The molecule has 1 N–H and O–H groups in total. The molecule has 1 atom stereocenters. The summed E-state index contributed by atoms with van der Waals surface area (Å²) in [7, 11) is -1.05. The number of aryl methyl sites for hydroxylation is 4. The highest BCUT2D eigenvalue weighted by Crippen LogP contribution is 2.36. The summed E-state index contributed by atoms with van der Waals surface area (Å²) in [4.78, 5) is 18.3. The molecule has 0 amide bonds. The number of furan rings is 1. The first kappa shape index (κ1) is 23.9. The molecule has 0 radical (unpaired) electrons. The summed E-state index contributed by atoms with van der Waals surface area (Å²) in [5.41, 5.74) is 6.14. The SMILES string of the molecule is CCc1ccc(CCc2cccc(S(C)=O)c2)c2c(C(=O)O)cc(-c3oc4ccccc4c3C)nc12. The summed E-state index contributed by atoms with van der Waals surface area (Å²) < 4.78 is 18.0. The van der Waals surface area contributed by atoms with Crippen LogP contribution < -0.4 is 0 Å². The lowest BCUT2D eigenvalue weighted by molar-refractivity contribution is 0.0699. The van der Waals surface area contributed by atoms with Gasteiger partial charge in [-0.25, -0.2) is 9.78 Å². The molecule has 2 aromatic heterocycles. The molecule has 3 aromatic carbocycles. The highest BCUT2D eigenvalue weighted by molar-refractivity contribution is 7.84. The van der Waals surface area contributed by atoms with Gasteiger partial charge in [0.05, 0.1) is 11.1 Å². The van der Waals surface area contributed by atoms with E-state index in [1.165, 1.54) is 0 Å². The number of pyridine rings is 1. The number of carboxylic acids is 1. The summed E-state index contributed by atoms with van der Waals surface area (Å²) in [6.45, 7) is 4.02. The van der Waals surface area contributed by atoms with Crippen LogP contribution in [0.15, 0.2) is 76.0 Å². The number of aromatic carboxylic acids is 1. The Hall–Kier alpha value is -3.77. The molecule has 0 fully saturated rings. The van der Waals surface area contributed by atoms with Crippen LogP contribution in [0, 0.1) is 6.92 Å². The lowest BCUT2D eigenvalue weighted by atomic mass is 9.93. The summed E-state index contributed by atoms with van der Waals surface area (Å²) in [5.74, 6) is -0.396. The molecule has 0 saturated carbocycles. The molecule has 0 aliphatic carbocycles. The second-order valence-corrected chi connectivity index (χ2v) is 10.4. The molecule has 5 aromatic rings. The molecular formula is C30H27NO4S. The maximum Gasteiger partial charge on any atom is 0.336 e. The van der Waals surface area contributed by atoms with Gasteiger partial charge in [-0.2, -0.15) is 0 Å². The van der Waals surface area contributed by atoms with Crippen molar-refractivity contribution in [3.8, 4) is 11.5 Å². The van der Waals surface area contributed by atoms with E-state index >= 15 is 0 Å². The second-order valence-electron chi connectivity index (χ2n) is 8.98. The minimum absolute atomic E-state index is 0.226. The fraction of sp³-hybridized carbons (Fsp3) is 0.200. The molecule has 5 rings (SSSR count). The first-order chi connectivity index (χ1) is 17.4. The Balaban J connectivity index is 1.65. The third kappa shape index (κ3) is 4.33. The van der Waals surface area contributed by atoms with Crippen molar-refractivity contribution >= 4 is 38.6 Å². The molecule has 0 aliphatic heterocycles. The molecule has 1 unspecified atom stereocenters. The Kier molecular flexibility index (Phi) is 6.46. The number of hydrogen-bond donors (Lipinski definition) is 1. The van der Waals surface area contributed by atoms with E-state index in [0.717, 1.165) is 44.5 Å². The van der Waals surface area contributed by atoms with Crippen LogP contribution >= 0.6 is 0 Å². The van der Waals surface area contributed by atoms with Gasteiger partial charge in [0, 0.05) is 38.3 Å². The summed E-state index contributed by atoms with van der Waals surface area (Å²) in [6.07, 6.45) is 3.75. The van der Waals surface area contributed by atoms with Crippen molar-refractivity contribution in [2.45, 2.75) is 38.0 Å². The van der Waals surface area contributed by atoms with Gasteiger partial charge in [-0.05, 0) is 67.1 Å². The smallest absolute Gasteiger partial charge is 0.336 e. The molecule has 182 valence electrons. The molecule has 0 bridgehead atoms. The Morgan fingerprint density at radius 2 is 1.78 bits per heavy atom. The maximum atomic E-state index is 12.5. The zero-order valence-electron chi connectivity index (χ0n) is 20.5. The number of aromatic nitrogens is 1. The number of fused-ring (bicyclic) bond motifs is 2. The van der Waals surface area contributed by atoms with Gasteiger partial charge in [0.15, 0.2) is 5.76 Å². The van der Waals surface area contributed by atoms with E-state index in [1.54, 1.807) is 12.3 Å². The molecule has 0 aliphatic rings. The lowest BCUT2D eigenvalue weighted by Crippen LogP contribution is -2.05. The number of carboxylic acid groups (broad SMARTS) is 1. The van der Waals surface area contributed by atoms with Crippen LogP contribution in [0.3, 0.4) is 0 Å². The summed E-state index contributed by atoms with van der Waals surface area (Å²) in [5, 5.41) is 11.9. The number of rotatable bonds is 7. The minimum Gasteiger partial charge on any atom is -0.478 e. The summed E-state index contributed by atoms with van der Waals surface area (Å²) in [6, 6.07) is 21.2. The van der Waals surface area contributed by atoms with Crippen molar-refractivity contribution in [3.63, 3.8) is 0 Å². The molecule has 2 heterocycles. The average Bonchev–Trinajstić information content (AvgIpc) is 3.23. The van der Waals surface area contributed by atoms with E-state index < -0.39 is 16.8 Å². The first-order valence-corrected chi connectivity index (χ1v) is 13.5. The number of benzene rings is 3. The molecule has 5 nitrogen and oxygen atoms in total. The Morgan fingerprint density at radius 3 is 2.50 bits per heavy atom. The minimum atomic E-state index is -1.05. The van der Waals surface area contributed by atoms with Crippen molar-refractivity contribution in [2.75, 3.05) is 6.26 Å². The van der Waals surface area contributed by atoms with Crippen molar-refractivity contribution in [1.82, 2.24) is 4.98 Å². The monoisotopic (exact) mass is 497 g/mol. The fourth-order valence-corrected chi connectivity index (χ4v) is 5.41. The zero-order chi connectivity index (χ0) is 25.4. The quantitative estimate of drug-likeness (QED) is 0.269. The predicted octanol–water partition coefficient (Wildman–Crippen LogP) is 6.74. The van der Waals surface area contributed by atoms with Crippen molar-refractivity contribution < 1.29 is 18.5 Å².